The van der Waals surface area contributed by atoms with Gasteiger partial charge in [-0.25, -0.2) is 13.2 Å². The number of carbonyl (C=O) groups is 1. The van der Waals surface area contributed by atoms with E-state index < -0.39 is 21.2 Å². The van der Waals surface area contributed by atoms with E-state index in [-0.39, 0.29) is 0 Å². The van der Waals surface area contributed by atoms with Crippen molar-refractivity contribution in [2.24, 2.45) is 0 Å². The van der Waals surface area contributed by atoms with Crippen LogP contribution in [0.4, 0.5) is 0 Å². The Kier molecular flexibility index (Phi) is 5.70. The maximum atomic E-state index is 13.4. The van der Waals surface area contributed by atoms with Crippen LogP contribution in [-0.2, 0) is 14.6 Å². The van der Waals surface area contributed by atoms with Crippen LogP contribution in [0.3, 0.4) is 0 Å². The van der Waals surface area contributed by atoms with E-state index in [2.05, 4.69) is 5.32 Å². The van der Waals surface area contributed by atoms with Gasteiger partial charge in [-0.2, -0.15) is 0 Å². The monoisotopic (exact) mass is 374 g/mol. The summed E-state index contributed by atoms with van der Waals surface area (Å²) in [5, 5.41) is 2.45. The van der Waals surface area contributed by atoms with E-state index in [0.29, 0.717) is 29.1 Å². The number of rotatable bonds is 5. The van der Waals surface area contributed by atoms with Crippen LogP contribution in [0.25, 0.3) is 0 Å². The van der Waals surface area contributed by atoms with Gasteiger partial charge in [0.25, 0.3) is 0 Å². The van der Waals surface area contributed by atoms with Gasteiger partial charge in [0.1, 0.15) is 5.37 Å². The number of piperazine rings is 1. The highest BCUT2D eigenvalue weighted by Gasteiger charge is 2.35. The van der Waals surface area contributed by atoms with Crippen molar-refractivity contribution in [3.8, 4) is 0 Å². The molecule has 2 aromatic carbocycles. The molecule has 1 aliphatic rings. The molecule has 0 saturated carbocycles. The van der Waals surface area contributed by atoms with E-state index in [1.807, 2.05) is 4.90 Å². The summed E-state index contributed by atoms with van der Waals surface area (Å²) in [4.78, 5) is 13.9. The molecular weight excluding hydrogens is 352 g/mol. The number of ether oxygens (including phenoxy) is 1. The molecule has 0 bridgehead atoms. The maximum Gasteiger partial charge on any atom is 0.337 e. The van der Waals surface area contributed by atoms with Gasteiger partial charge < -0.3 is 10.1 Å². The smallest absolute Gasteiger partial charge is 0.337 e. The molecule has 3 rings (SSSR count). The van der Waals surface area contributed by atoms with Gasteiger partial charge in [0.2, 0.25) is 0 Å². The Morgan fingerprint density at radius 1 is 1.04 bits per heavy atom. The minimum Gasteiger partial charge on any atom is -0.465 e. The van der Waals surface area contributed by atoms with Crippen LogP contribution in [0, 0.1) is 0 Å². The Bertz CT molecular complexity index is 845. The summed E-state index contributed by atoms with van der Waals surface area (Å²) >= 11 is 0. The quantitative estimate of drug-likeness (QED) is 0.805. The van der Waals surface area contributed by atoms with E-state index in [9.17, 15) is 13.2 Å². The number of benzene rings is 2. The molecule has 1 unspecified atom stereocenters. The van der Waals surface area contributed by atoms with Crippen LogP contribution >= 0.6 is 0 Å². The predicted octanol–water partition coefficient (Wildman–Crippen LogP) is 1.85. The van der Waals surface area contributed by atoms with Gasteiger partial charge in [0, 0.05) is 26.2 Å². The Morgan fingerprint density at radius 2 is 1.65 bits per heavy atom. The molecule has 1 aliphatic heterocycles. The summed E-state index contributed by atoms with van der Waals surface area (Å²) in [7, 11) is -2.29. The first-order chi connectivity index (χ1) is 12.5. The second-order valence-corrected chi connectivity index (χ2v) is 8.12. The molecule has 138 valence electrons. The van der Waals surface area contributed by atoms with Crippen molar-refractivity contribution in [3.05, 3.63) is 65.7 Å². The Hall–Kier alpha value is -2.22. The number of carbonyl (C=O) groups excluding carboxylic acids is 1. The molecule has 6 nitrogen and oxygen atoms in total. The maximum absolute atomic E-state index is 13.4. The first kappa shape index (κ1) is 18.6. The Labute approximate surface area is 153 Å². The van der Waals surface area contributed by atoms with Crippen LogP contribution in [0.1, 0.15) is 21.3 Å². The lowest BCUT2D eigenvalue weighted by Crippen LogP contribution is -2.47. The molecule has 0 aliphatic carbocycles. The highest BCUT2D eigenvalue weighted by molar-refractivity contribution is 7.91. The Balaban J connectivity index is 2.02. The summed E-state index contributed by atoms with van der Waals surface area (Å²) < 4.78 is 31.4. The second-order valence-electron chi connectivity index (χ2n) is 6.11. The van der Waals surface area contributed by atoms with Crippen LogP contribution < -0.4 is 5.32 Å². The standard InChI is InChI=1S/C19H22N2O4S/c1-25-19(22)16-9-7-15(8-10-16)18(21-13-11-20-12-14-21)26(23,24)17-5-3-2-4-6-17/h2-10,18,20H,11-14H2,1H3. The zero-order chi connectivity index (χ0) is 18.6. The topological polar surface area (TPSA) is 75.7 Å². The normalized spacial score (nSPS) is 16.8. The number of nitrogens with zero attached hydrogens (tertiary/aromatic N) is 1. The van der Waals surface area contributed by atoms with Gasteiger partial charge in [0.05, 0.1) is 17.6 Å². The SMILES string of the molecule is COC(=O)c1ccc(C(N2CCNCC2)S(=O)(=O)c2ccccc2)cc1. The van der Waals surface area contributed by atoms with Crippen LogP contribution in [-0.4, -0.2) is 52.6 Å². The van der Waals surface area contributed by atoms with E-state index in [1.54, 1.807) is 54.6 Å². The molecule has 1 atom stereocenters. The molecule has 26 heavy (non-hydrogen) atoms. The highest BCUT2D eigenvalue weighted by atomic mass is 32.2. The molecular formula is C19H22N2O4S. The third-order valence-electron chi connectivity index (χ3n) is 4.47. The molecule has 0 radical (unpaired) electrons. The molecule has 1 fully saturated rings. The zero-order valence-corrected chi connectivity index (χ0v) is 15.4. The minimum absolute atomic E-state index is 0.292. The van der Waals surface area contributed by atoms with Crippen LogP contribution in [0.2, 0.25) is 0 Å². The number of sulfone groups is 1. The van der Waals surface area contributed by atoms with Crippen molar-refractivity contribution in [1.29, 1.82) is 0 Å². The summed E-state index contributed by atoms with van der Waals surface area (Å²) in [5.74, 6) is -0.443. The molecule has 7 heteroatoms. The predicted molar refractivity (Wildman–Crippen MR) is 98.6 cm³/mol. The molecule has 2 aromatic rings. The van der Waals surface area contributed by atoms with E-state index in [1.165, 1.54) is 7.11 Å². The molecule has 0 spiro atoms. The van der Waals surface area contributed by atoms with Crippen molar-refractivity contribution in [3.63, 3.8) is 0 Å². The summed E-state index contributed by atoms with van der Waals surface area (Å²) in [6, 6.07) is 15.1. The molecule has 0 amide bonds. The second kappa shape index (κ2) is 7.99. The van der Waals surface area contributed by atoms with Crippen molar-refractivity contribution < 1.29 is 17.9 Å². The van der Waals surface area contributed by atoms with E-state index in [0.717, 1.165) is 13.1 Å². The summed E-state index contributed by atoms with van der Waals surface area (Å²) in [6.45, 7) is 2.74. The van der Waals surface area contributed by atoms with Gasteiger partial charge >= 0.3 is 5.97 Å². The third kappa shape index (κ3) is 3.80. The fraction of sp³-hybridized carbons (Fsp3) is 0.316. The average molecular weight is 374 g/mol. The summed E-state index contributed by atoms with van der Waals surface area (Å²) in [6.07, 6.45) is 0. The summed E-state index contributed by atoms with van der Waals surface area (Å²) in [5.41, 5.74) is 1.04. The van der Waals surface area contributed by atoms with Crippen LogP contribution in [0.5, 0.6) is 0 Å². The van der Waals surface area contributed by atoms with E-state index >= 15 is 0 Å². The Morgan fingerprint density at radius 3 is 2.23 bits per heavy atom. The fourth-order valence-corrected chi connectivity index (χ4v) is 5.06. The molecule has 1 N–H and O–H groups in total. The third-order valence-corrected chi connectivity index (χ3v) is 6.55. The molecule has 1 saturated heterocycles. The number of esters is 1. The minimum atomic E-state index is -3.61. The molecule has 1 heterocycles. The van der Waals surface area contributed by atoms with Crippen molar-refractivity contribution in [2.45, 2.75) is 10.3 Å². The van der Waals surface area contributed by atoms with Gasteiger partial charge in [-0.15, -0.1) is 0 Å². The van der Waals surface area contributed by atoms with Gasteiger partial charge in [-0.05, 0) is 29.8 Å². The largest absolute Gasteiger partial charge is 0.465 e. The highest BCUT2D eigenvalue weighted by Crippen LogP contribution is 2.32. The molecule has 0 aromatic heterocycles. The van der Waals surface area contributed by atoms with Crippen molar-refractivity contribution in [1.82, 2.24) is 10.2 Å². The lowest BCUT2D eigenvalue weighted by atomic mass is 10.1. The van der Waals surface area contributed by atoms with Gasteiger partial charge in [-0.1, -0.05) is 30.3 Å². The van der Waals surface area contributed by atoms with Gasteiger partial charge in [-0.3, -0.25) is 4.90 Å². The lowest BCUT2D eigenvalue weighted by molar-refractivity contribution is 0.0600. The first-order valence-electron chi connectivity index (χ1n) is 8.46. The van der Waals surface area contributed by atoms with Crippen molar-refractivity contribution in [2.75, 3.05) is 33.3 Å². The average Bonchev–Trinajstić information content (AvgIpc) is 2.69. The van der Waals surface area contributed by atoms with Crippen molar-refractivity contribution >= 4 is 15.8 Å². The zero-order valence-electron chi connectivity index (χ0n) is 14.6. The van der Waals surface area contributed by atoms with E-state index in [4.69, 9.17) is 4.74 Å². The van der Waals surface area contributed by atoms with Gasteiger partial charge in [0.15, 0.2) is 9.84 Å². The first-order valence-corrected chi connectivity index (χ1v) is 10.0. The number of methoxy groups -OCH3 is 1. The lowest BCUT2D eigenvalue weighted by Gasteiger charge is -2.34. The number of nitrogens with one attached hydrogen (secondary N) is 1. The number of hydrogen-bond acceptors (Lipinski definition) is 6. The fourth-order valence-electron chi connectivity index (χ4n) is 3.14. The number of hydrogen-bond donors (Lipinski definition) is 1. The van der Waals surface area contributed by atoms with Crippen LogP contribution in [0.15, 0.2) is 59.5 Å².